The van der Waals surface area contributed by atoms with Crippen molar-refractivity contribution in [3.8, 4) is 0 Å². The van der Waals surface area contributed by atoms with Gasteiger partial charge in [-0.3, -0.25) is 0 Å². The van der Waals surface area contributed by atoms with Crippen LogP contribution in [-0.2, 0) is 0 Å². The average molecular weight is 315 g/mol. The Morgan fingerprint density at radius 1 is 1.00 bits per heavy atom. The number of halogens is 2. The van der Waals surface area contributed by atoms with Crippen molar-refractivity contribution in [2.24, 2.45) is 0 Å². The molecule has 0 saturated carbocycles. The van der Waals surface area contributed by atoms with Crippen molar-refractivity contribution in [2.45, 2.75) is 26.7 Å². The second kappa shape index (κ2) is 6.44. The second-order valence-corrected chi connectivity index (χ2v) is 5.88. The minimum absolute atomic E-state index is 0.709. The van der Waals surface area contributed by atoms with Crippen molar-refractivity contribution in [3.05, 3.63) is 58.6 Å². The molecule has 23 heavy (non-hydrogen) atoms. The molecule has 2 heterocycles. The first-order valence-corrected chi connectivity index (χ1v) is 7.73. The number of anilines is 1. The molecule has 120 valence electrons. The topological polar surface area (TPSA) is 29.0 Å². The van der Waals surface area contributed by atoms with Crippen LogP contribution in [0.5, 0.6) is 0 Å². The summed E-state index contributed by atoms with van der Waals surface area (Å²) in [7, 11) is 0. The van der Waals surface area contributed by atoms with Crippen molar-refractivity contribution < 1.29 is 8.78 Å². The van der Waals surface area contributed by atoms with Crippen molar-refractivity contribution in [1.29, 1.82) is 0 Å². The van der Waals surface area contributed by atoms with Crippen molar-refractivity contribution in [2.75, 3.05) is 18.0 Å². The van der Waals surface area contributed by atoms with Gasteiger partial charge in [-0.05, 0) is 44.4 Å². The normalized spacial score (nSPS) is 15.0. The molecular formula is C18H19F2N3. The van der Waals surface area contributed by atoms with Gasteiger partial charge in [0, 0.05) is 24.8 Å². The molecule has 1 aromatic carbocycles. The first-order valence-electron chi connectivity index (χ1n) is 7.73. The van der Waals surface area contributed by atoms with Crippen LogP contribution in [0.1, 0.15) is 29.9 Å². The maximum atomic E-state index is 13.3. The predicted octanol–water partition coefficient (Wildman–Crippen LogP) is 4.06. The van der Waals surface area contributed by atoms with Gasteiger partial charge in [-0.15, -0.1) is 0 Å². The molecule has 0 N–H and O–H groups in total. The highest BCUT2D eigenvalue weighted by atomic mass is 19.2. The Balaban J connectivity index is 1.70. The van der Waals surface area contributed by atoms with E-state index in [4.69, 9.17) is 0 Å². The number of piperidine rings is 1. The standard InChI is InChI=1S/C18H19F2N3/c1-12-9-18(22-13(2)21-12)23-7-5-14(6-8-23)10-15-3-4-16(19)17(20)11-15/h3-4,9-11H,5-8H2,1-2H3. The van der Waals surface area contributed by atoms with Gasteiger partial charge in [0.15, 0.2) is 11.6 Å². The molecule has 0 spiro atoms. The molecule has 5 heteroatoms. The third-order valence-electron chi connectivity index (χ3n) is 4.00. The van der Waals surface area contributed by atoms with Crippen molar-refractivity contribution in [1.82, 2.24) is 9.97 Å². The summed E-state index contributed by atoms with van der Waals surface area (Å²) in [6.07, 6.45) is 3.73. The number of nitrogens with zero attached hydrogens (tertiary/aromatic N) is 3. The van der Waals surface area contributed by atoms with Gasteiger partial charge in [0.2, 0.25) is 0 Å². The van der Waals surface area contributed by atoms with E-state index in [1.807, 2.05) is 26.0 Å². The highest BCUT2D eigenvalue weighted by Gasteiger charge is 2.16. The summed E-state index contributed by atoms with van der Waals surface area (Å²) < 4.78 is 26.2. The van der Waals surface area contributed by atoms with Crippen LogP contribution in [0, 0.1) is 25.5 Å². The Morgan fingerprint density at radius 2 is 1.74 bits per heavy atom. The van der Waals surface area contributed by atoms with Crippen LogP contribution in [-0.4, -0.2) is 23.1 Å². The minimum atomic E-state index is -0.809. The maximum Gasteiger partial charge on any atom is 0.159 e. The summed E-state index contributed by atoms with van der Waals surface area (Å²) in [4.78, 5) is 11.0. The van der Waals surface area contributed by atoms with Crippen LogP contribution in [0.15, 0.2) is 29.8 Å². The Bertz CT molecular complexity index is 726. The van der Waals surface area contributed by atoms with Crippen LogP contribution >= 0.6 is 0 Å². The number of hydrogen-bond donors (Lipinski definition) is 0. The number of aromatic nitrogens is 2. The van der Waals surface area contributed by atoms with E-state index in [9.17, 15) is 8.78 Å². The Morgan fingerprint density at radius 3 is 2.39 bits per heavy atom. The van der Waals surface area contributed by atoms with E-state index in [1.165, 1.54) is 17.7 Å². The lowest BCUT2D eigenvalue weighted by Gasteiger charge is -2.29. The molecule has 1 fully saturated rings. The van der Waals surface area contributed by atoms with Gasteiger partial charge >= 0.3 is 0 Å². The zero-order valence-electron chi connectivity index (χ0n) is 13.3. The number of benzene rings is 1. The SMILES string of the molecule is Cc1cc(N2CCC(=Cc3ccc(F)c(F)c3)CC2)nc(C)n1. The lowest BCUT2D eigenvalue weighted by molar-refractivity contribution is 0.508. The Labute approximate surface area is 134 Å². The van der Waals surface area contributed by atoms with E-state index in [0.29, 0.717) is 5.56 Å². The van der Waals surface area contributed by atoms with Gasteiger partial charge < -0.3 is 4.90 Å². The zero-order valence-corrected chi connectivity index (χ0v) is 13.3. The lowest BCUT2D eigenvalue weighted by atomic mass is 10.0. The minimum Gasteiger partial charge on any atom is -0.356 e. The second-order valence-electron chi connectivity index (χ2n) is 5.88. The summed E-state index contributed by atoms with van der Waals surface area (Å²) in [5.41, 5.74) is 2.92. The van der Waals surface area contributed by atoms with E-state index >= 15 is 0 Å². The first kappa shape index (κ1) is 15.6. The first-order chi connectivity index (χ1) is 11.0. The molecule has 0 radical (unpaired) electrons. The molecule has 3 nitrogen and oxygen atoms in total. The quantitative estimate of drug-likeness (QED) is 0.837. The van der Waals surface area contributed by atoms with Crippen LogP contribution in [0.25, 0.3) is 6.08 Å². The third-order valence-corrected chi connectivity index (χ3v) is 4.00. The van der Waals surface area contributed by atoms with Gasteiger partial charge in [0.25, 0.3) is 0 Å². The third kappa shape index (κ3) is 3.73. The number of rotatable bonds is 2. The van der Waals surface area contributed by atoms with E-state index < -0.39 is 11.6 Å². The Kier molecular flexibility index (Phi) is 4.37. The summed E-state index contributed by atoms with van der Waals surface area (Å²) in [6.45, 7) is 5.60. The Hall–Kier alpha value is -2.30. The lowest BCUT2D eigenvalue weighted by Crippen LogP contribution is -2.31. The summed E-state index contributed by atoms with van der Waals surface area (Å²) in [5.74, 6) is 0.130. The van der Waals surface area contributed by atoms with E-state index in [2.05, 4.69) is 14.9 Å². The van der Waals surface area contributed by atoms with Gasteiger partial charge in [-0.25, -0.2) is 18.7 Å². The molecule has 1 aliphatic rings. The molecular weight excluding hydrogens is 296 g/mol. The zero-order chi connectivity index (χ0) is 16.4. The van der Waals surface area contributed by atoms with E-state index in [1.54, 1.807) is 6.07 Å². The highest BCUT2D eigenvalue weighted by molar-refractivity contribution is 5.54. The molecule has 0 amide bonds. The molecule has 0 unspecified atom stereocenters. The molecule has 1 saturated heterocycles. The van der Waals surface area contributed by atoms with E-state index in [-0.39, 0.29) is 0 Å². The summed E-state index contributed by atoms with van der Waals surface area (Å²) in [5, 5.41) is 0. The fourth-order valence-corrected chi connectivity index (χ4v) is 2.86. The molecule has 3 rings (SSSR count). The number of hydrogen-bond acceptors (Lipinski definition) is 3. The van der Waals surface area contributed by atoms with Gasteiger partial charge in [-0.2, -0.15) is 0 Å². The highest BCUT2D eigenvalue weighted by Crippen LogP contribution is 2.24. The van der Waals surface area contributed by atoms with Crippen molar-refractivity contribution in [3.63, 3.8) is 0 Å². The summed E-state index contributed by atoms with van der Waals surface area (Å²) in [6, 6.07) is 6.02. The van der Waals surface area contributed by atoms with Crippen LogP contribution in [0.4, 0.5) is 14.6 Å². The predicted molar refractivity (Wildman–Crippen MR) is 87.3 cm³/mol. The fraction of sp³-hybridized carbons (Fsp3) is 0.333. The molecule has 2 aromatic rings. The largest absolute Gasteiger partial charge is 0.356 e. The van der Waals surface area contributed by atoms with Crippen LogP contribution in [0.2, 0.25) is 0 Å². The van der Waals surface area contributed by atoms with Gasteiger partial charge in [0.05, 0.1) is 0 Å². The average Bonchev–Trinajstić information content (AvgIpc) is 2.51. The maximum absolute atomic E-state index is 13.3. The molecule has 1 aliphatic heterocycles. The van der Waals surface area contributed by atoms with Crippen molar-refractivity contribution >= 4 is 11.9 Å². The molecule has 1 aromatic heterocycles. The van der Waals surface area contributed by atoms with Crippen LogP contribution < -0.4 is 4.90 Å². The fourth-order valence-electron chi connectivity index (χ4n) is 2.86. The monoisotopic (exact) mass is 315 g/mol. The number of aryl methyl sites for hydroxylation is 2. The molecule has 0 bridgehead atoms. The molecule has 0 aliphatic carbocycles. The van der Waals surface area contributed by atoms with Gasteiger partial charge in [0.1, 0.15) is 11.6 Å². The smallest absolute Gasteiger partial charge is 0.159 e. The summed E-state index contributed by atoms with van der Waals surface area (Å²) >= 11 is 0. The van der Waals surface area contributed by atoms with E-state index in [0.717, 1.165) is 43.3 Å². The molecule has 0 atom stereocenters. The van der Waals surface area contributed by atoms with Crippen LogP contribution in [0.3, 0.4) is 0 Å². The van der Waals surface area contributed by atoms with Gasteiger partial charge in [-0.1, -0.05) is 17.7 Å².